The lowest BCUT2D eigenvalue weighted by Gasteiger charge is -2.11. The van der Waals surface area contributed by atoms with Gasteiger partial charge in [0.25, 0.3) is 0 Å². The number of carbonyl (C=O) groups excluding carboxylic acids is 1. The number of carbonyl (C=O) groups is 1. The molecule has 0 amide bonds. The number of halogens is 1. The Hall–Kier alpha value is -1.68. The molecule has 2 rings (SSSR count). The zero-order valence-electron chi connectivity index (χ0n) is 12.0. The highest BCUT2D eigenvalue weighted by atomic mass is 35.5. The Labute approximate surface area is 131 Å². The number of aliphatic hydroxyl groups excluding tert-OH is 1. The first-order valence-corrected chi connectivity index (χ1v) is 6.69. The molecule has 0 bridgehead atoms. The highest BCUT2D eigenvalue weighted by molar-refractivity contribution is 5.94. The summed E-state index contributed by atoms with van der Waals surface area (Å²) in [5.41, 5.74) is 9.83. The third kappa shape index (κ3) is 4.39. The second kappa shape index (κ2) is 7.93. The van der Waals surface area contributed by atoms with Gasteiger partial charge in [0.05, 0.1) is 0 Å². The van der Waals surface area contributed by atoms with Gasteiger partial charge < -0.3 is 10.8 Å². The van der Waals surface area contributed by atoms with E-state index in [1.807, 2.05) is 48.5 Å². The highest BCUT2D eigenvalue weighted by Gasteiger charge is 2.06. The van der Waals surface area contributed by atoms with Gasteiger partial charge in [-0.15, -0.1) is 12.4 Å². The summed E-state index contributed by atoms with van der Waals surface area (Å²) in [7, 11) is 0. The Bertz CT molecular complexity index is 579. The molecule has 0 fully saturated rings. The molecule has 0 heterocycles. The number of ketones is 1. The fourth-order valence-electron chi connectivity index (χ4n) is 2.13. The van der Waals surface area contributed by atoms with Gasteiger partial charge in [0, 0.05) is 18.2 Å². The SMILES string of the molecule is CC(=O)c1ccc(-c2ccc(C(N)CCO)cc2)cc1.Cl. The number of rotatable bonds is 5. The second-order valence-electron chi connectivity index (χ2n) is 4.87. The van der Waals surface area contributed by atoms with Gasteiger partial charge in [0.15, 0.2) is 5.78 Å². The van der Waals surface area contributed by atoms with Gasteiger partial charge in [0.1, 0.15) is 0 Å². The summed E-state index contributed by atoms with van der Waals surface area (Å²) in [6, 6.07) is 15.4. The van der Waals surface area contributed by atoms with E-state index in [2.05, 4.69) is 0 Å². The van der Waals surface area contributed by atoms with Crippen molar-refractivity contribution in [2.24, 2.45) is 5.73 Å². The van der Waals surface area contributed by atoms with Crippen LogP contribution in [0.15, 0.2) is 48.5 Å². The van der Waals surface area contributed by atoms with Crippen LogP contribution >= 0.6 is 12.4 Å². The van der Waals surface area contributed by atoms with Crippen LogP contribution in [0.5, 0.6) is 0 Å². The Kier molecular flexibility index (Phi) is 6.56. The van der Waals surface area contributed by atoms with E-state index in [9.17, 15) is 4.79 Å². The van der Waals surface area contributed by atoms with E-state index >= 15 is 0 Å². The van der Waals surface area contributed by atoms with E-state index in [0.717, 1.165) is 22.3 Å². The number of benzene rings is 2. The summed E-state index contributed by atoms with van der Waals surface area (Å²) in [5, 5.41) is 8.89. The van der Waals surface area contributed by atoms with Crippen LogP contribution in [0.3, 0.4) is 0 Å². The maximum atomic E-state index is 11.2. The first kappa shape index (κ1) is 17.4. The largest absolute Gasteiger partial charge is 0.396 e. The van der Waals surface area contributed by atoms with E-state index in [1.165, 1.54) is 0 Å². The number of Topliss-reactive ketones (excluding diaryl/α,β-unsaturated/α-hetero) is 1. The molecular formula is C17H20ClNO2. The third-order valence-electron chi connectivity index (χ3n) is 3.40. The van der Waals surface area contributed by atoms with Crippen LogP contribution < -0.4 is 5.73 Å². The molecule has 1 atom stereocenters. The Morgan fingerprint density at radius 3 is 1.95 bits per heavy atom. The lowest BCUT2D eigenvalue weighted by Crippen LogP contribution is -2.11. The highest BCUT2D eigenvalue weighted by Crippen LogP contribution is 2.23. The van der Waals surface area contributed by atoms with Crippen molar-refractivity contribution >= 4 is 18.2 Å². The van der Waals surface area contributed by atoms with E-state index in [4.69, 9.17) is 10.8 Å². The van der Waals surface area contributed by atoms with E-state index in [1.54, 1.807) is 6.92 Å². The molecule has 0 aliphatic rings. The lowest BCUT2D eigenvalue weighted by atomic mass is 9.99. The fourth-order valence-corrected chi connectivity index (χ4v) is 2.13. The minimum atomic E-state index is -0.130. The van der Waals surface area contributed by atoms with Gasteiger partial charge in [-0.05, 0) is 30.0 Å². The number of aliphatic hydroxyl groups is 1. The summed E-state index contributed by atoms with van der Waals surface area (Å²) in [6.07, 6.45) is 0.562. The van der Waals surface area contributed by atoms with Gasteiger partial charge in [-0.1, -0.05) is 48.5 Å². The average molecular weight is 306 g/mol. The summed E-state index contributed by atoms with van der Waals surface area (Å²) in [6.45, 7) is 1.65. The summed E-state index contributed by atoms with van der Waals surface area (Å²) >= 11 is 0. The smallest absolute Gasteiger partial charge is 0.159 e. The predicted molar refractivity (Wildman–Crippen MR) is 87.8 cm³/mol. The van der Waals surface area contributed by atoms with Crippen molar-refractivity contribution in [1.29, 1.82) is 0 Å². The van der Waals surface area contributed by atoms with Crippen molar-refractivity contribution in [3.63, 3.8) is 0 Å². The molecular weight excluding hydrogens is 286 g/mol. The van der Waals surface area contributed by atoms with Crippen molar-refractivity contribution in [2.75, 3.05) is 6.61 Å². The van der Waals surface area contributed by atoms with Crippen LogP contribution in [-0.2, 0) is 0 Å². The molecule has 4 heteroatoms. The summed E-state index contributed by atoms with van der Waals surface area (Å²) in [5.74, 6) is 0.0712. The van der Waals surface area contributed by atoms with Crippen molar-refractivity contribution in [1.82, 2.24) is 0 Å². The molecule has 3 N–H and O–H groups in total. The quantitative estimate of drug-likeness (QED) is 0.833. The first-order valence-electron chi connectivity index (χ1n) is 6.69. The van der Waals surface area contributed by atoms with Gasteiger partial charge in [-0.25, -0.2) is 0 Å². The molecule has 3 nitrogen and oxygen atoms in total. The average Bonchev–Trinajstić information content (AvgIpc) is 2.48. The zero-order chi connectivity index (χ0) is 14.5. The Morgan fingerprint density at radius 1 is 1.05 bits per heavy atom. The van der Waals surface area contributed by atoms with Crippen molar-refractivity contribution in [3.05, 3.63) is 59.7 Å². The predicted octanol–water partition coefficient (Wildman–Crippen LogP) is 3.36. The zero-order valence-corrected chi connectivity index (χ0v) is 12.8. The van der Waals surface area contributed by atoms with Crippen LogP contribution in [0.25, 0.3) is 11.1 Å². The molecule has 0 saturated carbocycles. The minimum Gasteiger partial charge on any atom is -0.396 e. The maximum Gasteiger partial charge on any atom is 0.159 e. The van der Waals surface area contributed by atoms with Gasteiger partial charge in [-0.3, -0.25) is 4.79 Å². The molecule has 1 unspecified atom stereocenters. The standard InChI is InChI=1S/C17H19NO2.ClH/c1-12(20)13-2-4-14(5-3-13)15-6-8-16(9-7-15)17(18)10-11-19;/h2-9,17,19H,10-11,18H2,1H3;1H. The normalized spacial score (nSPS) is 11.6. The second-order valence-corrected chi connectivity index (χ2v) is 4.87. The number of hydrogen-bond donors (Lipinski definition) is 2. The van der Waals surface area contributed by atoms with Crippen LogP contribution in [0, 0.1) is 0 Å². The number of nitrogens with two attached hydrogens (primary N) is 1. The molecule has 0 aliphatic heterocycles. The molecule has 21 heavy (non-hydrogen) atoms. The molecule has 0 radical (unpaired) electrons. The van der Waals surface area contributed by atoms with Crippen LogP contribution in [-0.4, -0.2) is 17.5 Å². The molecule has 0 saturated heterocycles. The Balaban J connectivity index is 0.00000220. The number of hydrogen-bond acceptors (Lipinski definition) is 3. The molecule has 2 aromatic rings. The monoisotopic (exact) mass is 305 g/mol. The van der Waals surface area contributed by atoms with Crippen molar-refractivity contribution in [3.8, 4) is 11.1 Å². The summed E-state index contributed by atoms with van der Waals surface area (Å²) in [4.78, 5) is 11.2. The molecule has 0 spiro atoms. The molecule has 2 aromatic carbocycles. The maximum absolute atomic E-state index is 11.2. The van der Waals surface area contributed by atoms with Crippen LogP contribution in [0.2, 0.25) is 0 Å². The fraction of sp³-hybridized carbons (Fsp3) is 0.235. The van der Waals surface area contributed by atoms with Crippen LogP contribution in [0.1, 0.15) is 35.3 Å². The Morgan fingerprint density at radius 2 is 1.52 bits per heavy atom. The van der Waals surface area contributed by atoms with E-state index in [-0.39, 0.29) is 30.8 Å². The minimum absolute atomic E-state index is 0. The summed E-state index contributed by atoms with van der Waals surface area (Å²) < 4.78 is 0. The van der Waals surface area contributed by atoms with E-state index < -0.39 is 0 Å². The van der Waals surface area contributed by atoms with Crippen LogP contribution in [0.4, 0.5) is 0 Å². The molecule has 0 aliphatic carbocycles. The van der Waals surface area contributed by atoms with Gasteiger partial charge in [-0.2, -0.15) is 0 Å². The van der Waals surface area contributed by atoms with Gasteiger partial charge >= 0.3 is 0 Å². The van der Waals surface area contributed by atoms with Crippen molar-refractivity contribution in [2.45, 2.75) is 19.4 Å². The van der Waals surface area contributed by atoms with Gasteiger partial charge in [0.2, 0.25) is 0 Å². The first-order chi connectivity index (χ1) is 9.61. The van der Waals surface area contributed by atoms with Crippen molar-refractivity contribution < 1.29 is 9.90 Å². The van der Waals surface area contributed by atoms with E-state index in [0.29, 0.717) is 6.42 Å². The topological polar surface area (TPSA) is 63.3 Å². The lowest BCUT2D eigenvalue weighted by molar-refractivity contribution is 0.101. The molecule has 0 aromatic heterocycles. The molecule has 112 valence electrons. The third-order valence-corrected chi connectivity index (χ3v) is 3.40.